The predicted molar refractivity (Wildman–Crippen MR) is 170 cm³/mol. The lowest BCUT2D eigenvalue weighted by Crippen LogP contribution is -2.58. The van der Waals surface area contributed by atoms with Gasteiger partial charge in [-0.25, -0.2) is 0 Å². The van der Waals surface area contributed by atoms with Crippen LogP contribution in [0.4, 0.5) is 11.4 Å². The van der Waals surface area contributed by atoms with Crippen LogP contribution in [0, 0.1) is 24.7 Å². The summed E-state index contributed by atoms with van der Waals surface area (Å²) in [6.45, 7) is 12.4. The number of hydrogen-bond acceptors (Lipinski definition) is 5. The molecule has 222 valence electrons. The summed E-state index contributed by atoms with van der Waals surface area (Å²) < 4.78 is -0.792. The van der Waals surface area contributed by atoms with E-state index in [-0.39, 0.29) is 48.6 Å². The molecule has 0 aliphatic carbocycles. The first-order valence-electron chi connectivity index (χ1n) is 14.5. The summed E-state index contributed by atoms with van der Waals surface area (Å²) in [5.41, 5.74) is 2.18. The van der Waals surface area contributed by atoms with E-state index in [4.69, 9.17) is 11.6 Å². The molecule has 0 aromatic heterocycles. The van der Waals surface area contributed by atoms with Crippen molar-refractivity contribution in [2.45, 2.75) is 42.7 Å². The van der Waals surface area contributed by atoms with E-state index in [1.807, 2.05) is 49.4 Å². The molecule has 3 saturated heterocycles. The molecule has 7 nitrogen and oxygen atoms in total. The van der Waals surface area contributed by atoms with Gasteiger partial charge in [0.15, 0.2) is 0 Å². The topological polar surface area (TPSA) is 81.2 Å². The number of carbonyl (C=O) groups is 3. The van der Waals surface area contributed by atoms with Crippen molar-refractivity contribution < 1.29 is 19.5 Å². The van der Waals surface area contributed by atoms with Crippen molar-refractivity contribution in [3.8, 4) is 0 Å². The van der Waals surface area contributed by atoms with Crippen molar-refractivity contribution in [1.82, 2.24) is 4.90 Å². The Labute approximate surface area is 257 Å². The number of rotatable bonds is 11. The van der Waals surface area contributed by atoms with Gasteiger partial charge in [-0.1, -0.05) is 61.0 Å². The first-order chi connectivity index (χ1) is 20.2. The molecule has 3 unspecified atom stereocenters. The van der Waals surface area contributed by atoms with Gasteiger partial charge in [-0.15, -0.1) is 24.9 Å². The smallest absolute Gasteiger partial charge is 0.251 e. The number of thioether (sulfide) groups is 1. The Hall–Kier alpha value is -3.07. The van der Waals surface area contributed by atoms with E-state index in [1.165, 1.54) is 0 Å². The first-order valence-corrected chi connectivity index (χ1v) is 15.7. The molecule has 2 bridgehead atoms. The van der Waals surface area contributed by atoms with E-state index in [0.29, 0.717) is 23.7 Å². The summed E-state index contributed by atoms with van der Waals surface area (Å²) in [5, 5.41) is 10.1. The van der Waals surface area contributed by atoms with E-state index < -0.39 is 22.6 Å². The normalized spacial score (nSPS) is 27.6. The zero-order valence-electron chi connectivity index (χ0n) is 24.1. The van der Waals surface area contributed by atoms with Gasteiger partial charge in [0.25, 0.3) is 5.91 Å². The molecule has 2 aromatic rings. The molecule has 0 saturated carbocycles. The van der Waals surface area contributed by atoms with Crippen LogP contribution in [0.5, 0.6) is 0 Å². The third-order valence-corrected chi connectivity index (χ3v) is 11.4. The van der Waals surface area contributed by atoms with E-state index in [1.54, 1.807) is 44.7 Å². The van der Waals surface area contributed by atoms with Gasteiger partial charge in [0.05, 0.1) is 27.3 Å². The van der Waals surface area contributed by atoms with Crippen molar-refractivity contribution in [2.24, 2.45) is 17.8 Å². The van der Waals surface area contributed by atoms with Gasteiger partial charge < -0.3 is 19.8 Å². The van der Waals surface area contributed by atoms with Crippen molar-refractivity contribution >= 4 is 52.5 Å². The summed E-state index contributed by atoms with van der Waals surface area (Å²) in [5.74, 6) is -1.78. The number of benzene rings is 2. The quantitative estimate of drug-likeness (QED) is 0.359. The highest BCUT2D eigenvalue weighted by Gasteiger charge is 2.76. The second-order valence-electron chi connectivity index (χ2n) is 11.4. The van der Waals surface area contributed by atoms with Crippen LogP contribution in [0.25, 0.3) is 0 Å². The number of aryl methyl sites for hydroxylation is 1. The van der Waals surface area contributed by atoms with Gasteiger partial charge in [-0.2, -0.15) is 0 Å². The van der Waals surface area contributed by atoms with Crippen LogP contribution in [0.3, 0.4) is 0 Å². The lowest BCUT2D eigenvalue weighted by atomic mass is 9.65. The lowest BCUT2D eigenvalue weighted by Gasteiger charge is -2.41. The number of aliphatic hydroxyl groups excluding tert-OH is 1. The molecular formula is C33H38ClN3O4S. The van der Waals surface area contributed by atoms with E-state index in [0.717, 1.165) is 17.7 Å². The molecule has 3 amide bonds. The minimum atomic E-state index is -0.815. The molecule has 3 aliphatic heterocycles. The molecule has 1 N–H and O–H groups in total. The number of para-hydroxylation sites is 2. The molecule has 1 spiro atoms. The number of nitrogens with zero attached hydrogens (tertiary/aromatic N) is 3. The second kappa shape index (κ2) is 12.3. The van der Waals surface area contributed by atoms with E-state index in [2.05, 4.69) is 20.1 Å². The molecule has 9 heteroatoms. The fraction of sp³-hybridized carbons (Fsp3) is 0.424. The average Bonchev–Trinajstić information content (AvgIpc) is 3.57. The number of amides is 3. The summed E-state index contributed by atoms with van der Waals surface area (Å²) in [4.78, 5) is 48.6. The fourth-order valence-corrected chi connectivity index (χ4v) is 10.1. The van der Waals surface area contributed by atoms with Crippen molar-refractivity contribution in [2.75, 3.05) is 36.0 Å². The number of fused-ring (bicyclic) bond motifs is 1. The second-order valence-corrected chi connectivity index (χ2v) is 13.3. The molecule has 5 rings (SSSR count). The summed E-state index contributed by atoms with van der Waals surface area (Å²) >= 11 is 8.30. The summed E-state index contributed by atoms with van der Waals surface area (Å²) in [6, 6.07) is 14.1. The Morgan fingerprint density at radius 3 is 2.43 bits per heavy atom. The molecule has 0 radical (unpaired) electrons. The van der Waals surface area contributed by atoms with Gasteiger partial charge in [0.2, 0.25) is 11.8 Å². The zero-order valence-corrected chi connectivity index (χ0v) is 25.7. The maximum Gasteiger partial charge on any atom is 0.251 e. The molecule has 3 heterocycles. The summed E-state index contributed by atoms with van der Waals surface area (Å²) in [7, 11) is 0. The molecule has 3 aliphatic rings. The number of likely N-dealkylation sites (tertiary alicyclic amines) is 1. The van der Waals surface area contributed by atoms with Crippen LogP contribution >= 0.6 is 23.4 Å². The number of halogens is 1. The Bertz CT molecular complexity index is 1370. The third-order valence-electron chi connectivity index (χ3n) is 9.00. The van der Waals surface area contributed by atoms with Gasteiger partial charge >= 0.3 is 0 Å². The Morgan fingerprint density at radius 2 is 1.79 bits per heavy atom. The fourth-order valence-electron chi connectivity index (χ4n) is 7.34. The molecule has 3 fully saturated rings. The van der Waals surface area contributed by atoms with Crippen LogP contribution < -0.4 is 9.80 Å². The largest absolute Gasteiger partial charge is 0.396 e. The minimum absolute atomic E-state index is 0.0149. The first kappa shape index (κ1) is 30.4. The monoisotopic (exact) mass is 607 g/mol. The van der Waals surface area contributed by atoms with Gasteiger partial charge in [0, 0.05) is 37.2 Å². The highest BCUT2D eigenvalue weighted by atomic mass is 35.5. The zero-order chi connectivity index (χ0) is 30.2. The minimum Gasteiger partial charge on any atom is -0.396 e. The Balaban J connectivity index is 1.61. The lowest BCUT2D eigenvalue weighted by molar-refractivity contribution is -0.139. The van der Waals surface area contributed by atoms with Crippen molar-refractivity contribution in [1.29, 1.82) is 0 Å². The van der Waals surface area contributed by atoms with E-state index >= 15 is 0 Å². The summed E-state index contributed by atoms with van der Waals surface area (Å²) in [6.07, 6.45) is 4.41. The highest BCUT2D eigenvalue weighted by molar-refractivity contribution is 8.02. The van der Waals surface area contributed by atoms with Crippen LogP contribution in [-0.2, 0) is 14.4 Å². The number of hydrogen-bond donors (Lipinski definition) is 1. The Morgan fingerprint density at radius 1 is 1.10 bits per heavy atom. The Kier molecular flexibility index (Phi) is 8.88. The van der Waals surface area contributed by atoms with Crippen LogP contribution in [-0.4, -0.2) is 70.0 Å². The van der Waals surface area contributed by atoms with Gasteiger partial charge in [0.1, 0.15) is 6.04 Å². The number of anilines is 2. The van der Waals surface area contributed by atoms with Crippen LogP contribution in [0.1, 0.15) is 25.3 Å². The SMILES string of the molecule is C=CCN(C(=O)[C@@H]1[C@@H]2CC(C)C3(S2)C(C(=O)N(CC=C)c2c(C)cccc2Cl)N(CCCO)C(=O)[C@H]13)c1ccccc1. The molecule has 42 heavy (non-hydrogen) atoms. The maximum absolute atomic E-state index is 14.8. The van der Waals surface area contributed by atoms with Crippen molar-refractivity contribution in [3.05, 3.63) is 84.4 Å². The maximum atomic E-state index is 14.8. The van der Waals surface area contributed by atoms with Crippen molar-refractivity contribution in [3.63, 3.8) is 0 Å². The molecular weight excluding hydrogens is 570 g/mol. The number of aliphatic hydroxyl groups is 1. The standard InChI is InChI=1S/C33H38ClN3O4S/c1-5-16-35(23-13-8-7-9-14-23)30(39)26-25-20-22(4)33(42-25)27(26)31(40)37(18-11-19-38)29(33)32(41)36(17-6-2)28-21(3)12-10-15-24(28)34/h5-10,12-15,22,25-27,29,38H,1-2,11,16-20H2,3-4H3/t22?,25-,26+,27-,29?,33?/m0/s1. The predicted octanol–water partition coefficient (Wildman–Crippen LogP) is 5.11. The average molecular weight is 608 g/mol. The molecule has 6 atom stereocenters. The van der Waals surface area contributed by atoms with Crippen LogP contribution in [0.2, 0.25) is 5.02 Å². The highest BCUT2D eigenvalue weighted by Crippen LogP contribution is 2.69. The third kappa shape index (κ3) is 4.77. The van der Waals surface area contributed by atoms with E-state index in [9.17, 15) is 19.5 Å². The van der Waals surface area contributed by atoms with Gasteiger partial charge in [-0.05, 0) is 49.4 Å². The van der Waals surface area contributed by atoms with Gasteiger partial charge in [-0.3, -0.25) is 14.4 Å². The molecule has 2 aromatic carbocycles. The van der Waals surface area contributed by atoms with Crippen LogP contribution in [0.15, 0.2) is 73.8 Å². The number of carbonyl (C=O) groups excluding carboxylic acids is 3.